The fourth-order valence-corrected chi connectivity index (χ4v) is 3.07. The highest BCUT2D eigenvalue weighted by Crippen LogP contribution is 2.26. The third-order valence-corrected chi connectivity index (χ3v) is 4.27. The summed E-state index contributed by atoms with van der Waals surface area (Å²) in [6, 6.07) is 7.37. The van der Waals surface area contributed by atoms with Gasteiger partial charge in [-0.05, 0) is 44.0 Å². The summed E-state index contributed by atoms with van der Waals surface area (Å²) in [6.45, 7) is 5.49. The Morgan fingerprint density at radius 3 is 2.41 bits per heavy atom. The smallest absolute Gasteiger partial charge is 0.253 e. The van der Waals surface area contributed by atoms with Crippen molar-refractivity contribution in [1.29, 1.82) is 0 Å². The zero-order chi connectivity index (χ0) is 15.4. The Labute approximate surface area is 131 Å². The van der Waals surface area contributed by atoms with E-state index in [0.717, 1.165) is 37.2 Å². The van der Waals surface area contributed by atoms with Gasteiger partial charge in [0.1, 0.15) is 5.75 Å². The molecular weight excluding hydrogens is 282 g/mol. The minimum atomic E-state index is -0.0669. The van der Waals surface area contributed by atoms with Gasteiger partial charge in [-0.2, -0.15) is 0 Å². The van der Waals surface area contributed by atoms with E-state index in [1.165, 1.54) is 0 Å². The maximum absolute atomic E-state index is 12.5. The van der Waals surface area contributed by atoms with Gasteiger partial charge in [0.25, 0.3) is 5.91 Å². The molecule has 0 aromatic heterocycles. The van der Waals surface area contributed by atoms with Crippen LogP contribution in [0.1, 0.15) is 30.1 Å². The summed E-state index contributed by atoms with van der Waals surface area (Å²) in [5, 5.41) is 0. The third kappa shape index (κ3) is 3.42. The molecule has 2 aliphatic rings. The first-order valence-corrected chi connectivity index (χ1v) is 8.03. The van der Waals surface area contributed by atoms with Gasteiger partial charge in [-0.3, -0.25) is 4.79 Å². The monoisotopic (exact) mass is 305 g/mol. The molecule has 120 valence electrons. The summed E-state index contributed by atoms with van der Waals surface area (Å²) >= 11 is 0. The lowest BCUT2D eigenvalue weighted by atomic mass is 9.95. The molecule has 5 heteroatoms. The molecule has 0 unspecified atom stereocenters. The Morgan fingerprint density at radius 1 is 1.18 bits per heavy atom. The van der Waals surface area contributed by atoms with Crippen LogP contribution in [-0.2, 0) is 9.47 Å². The molecule has 1 aromatic rings. The molecule has 1 amide bonds. The maximum atomic E-state index is 12.5. The Balaban J connectivity index is 1.54. The number of hydrogen-bond acceptors (Lipinski definition) is 4. The lowest BCUT2D eigenvalue weighted by molar-refractivity contribution is -0.0956. The summed E-state index contributed by atoms with van der Waals surface area (Å²) in [4.78, 5) is 14.4. The summed E-state index contributed by atoms with van der Waals surface area (Å²) in [5.74, 6) is 1.30. The minimum Gasteiger partial charge on any atom is -0.494 e. The molecule has 0 aliphatic carbocycles. The zero-order valence-electron chi connectivity index (χ0n) is 13.0. The van der Waals surface area contributed by atoms with Gasteiger partial charge >= 0.3 is 0 Å². The predicted molar refractivity (Wildman–Crippen MR) is 81.9 cm³/mol. The molecule has 2 aliphatic heterocycles. The molecule has 2 fully saturated rings. The van der Waals surface area contributed by atoms with Crippen LogP contribution >= 0.6 is 0 Å². The molecule has 2 heterocycles. The number of benzene rings is 1. The number of carbonyl (C=O) groups excluding carboxylic acids is 1. The van der Waals surface area contributed by atoms with Crippen LogP contribution in [0.15, 0.2) is 24.3 Å². The molecule has 2 saturated heterocycles. The van der Waals surface area contributed by atoms with E-state index in [2.05, 4.69) is 0 Å². The Hall–Kier alpha value is -1.59. The summed E-state index contributed by atoms with van der Waals surface area (Å²) in [6.07, 6.45) is 1.81. The summed E-state index contributed by atoms with van der Waals surface area (Å²) in [5.41, 5.74) is 0.718. The largest absolute Gasteiger partial charge is 0.494 e. The number of hydrogen-bond donors (Lipinski definition) is 0. The minimum absolute atomic E-state index is 0.0669. The van der Waals surface area contributed by atoms with Crippen LogP contribution in [0.25, 0.3) is 0 Å². The predicted octanol–water partition coefficient (Wildman–Crippen LogP) is 2.31. The Morgan fingerprint density at radius 2 is 1.82 bits per heavy atom. The van der Waals surface area contributed by atoms with E-state index in [1.807, 2.05) is 36.1 Å². The first-order valence-electron chi connectivity index (χ1n) is 8.03. The van der Waals surface area contributed by atoms with Crippen molar-refractivity contribution in [3.05, 3.63) is 29.8 Å². The van der Waals surface area contributed by atoms with Crippen molar-refractivity contribution in [2.45, 2.75) is 26.1 Å². The Bertz CT molecular complexity index is 488. The fraction of sp³-hybridized carbons (Fsp3) is 0.588. The van der Waals surface area contributed by atoms with Gasteiger partial charge in [0.2, 0.25) is 0 Å². The van der Waals surface area contributed by atoms with Crippen molar-refractivity contribution in [3.63, 3.8) is 0 Å². The van der Waals surface area contributed by atoms with Crippen LogP contribution in [0.3, 0.4) is 0 Å². The fourth-order valence-electron chi connectivity index (χ4n) is 3.07. The maximum Gasteiger partial charge on any atom is 0.253 e. The number of rotatable bonds is 4. The van der Waals surface area contributed by atoms with Gasteiger partial charge in [-0.25, -0.2) is 0 Å². The van der Waals surface area contributed by atoms with Crippen molar-refractivity contribution < 1.29 is 19.0 Å². The lowest BCUT2D eigenvalue weighted by Gasteiger charge is -2.33. The number of piperidine rings is 1. The van der Waals surface area contributed by atoms with Crippen LogP contribution in [0.4, 0.5) is 0 Å². The highest BCUT2D eigenvalue weighted by Gasteiger charge is 2.31. The van der Waals surface area contributed by atoms with Crippen molar-refractivity contribution in [2.75, 3.05) is 32.9 Å². The Kier molecular flexibility index (Phi) is 4.95. The molecule has 0 N–H and O–H groups in total. The average molecular weight is 305 g/mol. The van der Waals surface area contributed by atoms with E-state index < -0.39 is 0 Å². The zero-order valence-corrected chi connectivity index (χ0v) is 13.0. The normalized spacial score (nSPS) is 20.3. The molecule has 0 radical (unpaired) electrons. The van der Waals surface area contributed by atoms with Gasteiger partial charge in [0.15, 0.2) is 6.29 Å². The standard InChI is InChI=1S/C17H23NO4/c1-2-20-15-5-3-13(4-6-15)16(19)18-9-7-14(8-10-18)17-21-11-12-22-17/h3-6,14,17H,2,7-12H2,1H3. The number of nitrogens with zero attached hydrogens (tertiary/aromatic N) is 1. The van der Waals surface area contributed by atoms with Gasteiger partial charge in [-0.15, -0.1) is 0 Å². The summed E-state index contributed by atoms with van der Waals surface area (Å²) < 4.78 is 16.5. The number of likely N-dealkylation sites (tertiary alicyclic amines) is 1. The topological polar surface area (TPSA) is 48.0 Å². The first kappa shape index (κ1) is 15.3. The average Bonchev–Trinajstić information content (AvgIpc) is 3.10. The second-order valence-electron chi connectivity index (χ2n) is 5.70. The van der Waals surface area contributed by atoms with Crippen LogP contribution in [-0.4, -0.2) is 50.0 Å². The van der Waals surface area contributed by atoms with Crippen molar-refractivity contribution in [3.8, 4) is 5.75 Å². The van der Waals surface area contributed by atoms with E-state index in [4.69, 9.17) is 14.2 Å². The quantitative estimate of drug-likeness (QED) is 0.856. The lowest BCUT2D eigenvalue weighted by Crippen LogP contribution is -2.41. The number of amides is 1. The van der Waals surface area contributed by atoms with Gasteiger partial charge < -0.3 is 19.1 Å². The highest BCUT2D eigenvalue weighted by atomic mass is 16.7. The number of carbonyl (C=O) groups is 1. The second-order valence-corrected chi connectivity index (χ2v) is 5.70. The van der Waals surface area contributed by atoms with E-state index in [-0.39, 0.29) is 12.2 Å². The van der Waals surface area contributed by atoms with E-state index in [1.54, 1.807) is 0 Å². The third-order valence-electron chi connectivity index (χ3n) is 4.27. The van der Waals surface area contributed by atoms with Crippen molar-refractivity contribution >= 4 is 5.91 Å². The molecule has 3 rings (SSSR count). The molecule has 0 spiro atoms. The SMILES string of the molecule is CCOc1ccc(C(=O)N2CCC(C3OCCO3)CC2)cc1. The van der Waals surface area contributed by atoms with Gasteiger partial charge in [-0.1, -0.05) is 0 Å². The molecular formula is C17H23NO4. The van der Waals surface area contributed by atoms with E-state index >= 15 is 0 Å². The molecule has 0 saturated carbocycles. The first-order chi connectivity index (χ1) is 10.8. The molecule has 0 bridgehead atoms. The van der Waals surface area contributed by atoms with Gasteiger partial charge in [0, 0.05) is 24.6 Å². The van der Waals surface area contributed by atoms with Crippen molar-refractivity contribution in [2.24, 2.45) is 5.92 Å². The molecule has 5 nitrogen and oxygen atoms in total. The number of ether oxygens (including phenoxy) is 3. The van der Waals surface area contributed by atoms with Crippen LogP contribution in [0.2, 0.25) is 0 Å². The van der Waals surface area contributed by atoms with Crippen LogP contribution in [0, 0.1) is 5.92 Å². The second kappa shape index (κ2) is 7.11. The molecule has 0 atom stereocenters. The van der Waals surface area contributed by atoms with Crippen molar-refractivity contribution in [1.82, 2.24) is 4.90 Å². The summed E-state index contributed by atoms with van der Waals surface area (Å²) in [7, 11) is 0. The van der Waals surface area contributed by atoms with E-state index in [0.29, 0.717) is 25.7 Å². The van der Waals surface area contributed by atoms with Crippen LogP contribution in [0.5, 0.6) is 5.75 Å². The van der Waals surface area contributed by atoms with Crippen LogP contribution < -0.4 is 4.74 Å². The molecule has 1 aromatic carbocycles. The molecule has 22 heavy (non-hydrogen) atoms. The van der Waals surface area contributed by atoms with Gasteiger partial charge in [0.05, 0.1) is 19.8 Å². The highest BCUT2D eigenvalue weighted by molar-refractivity contribution is 5.94. The van der Waals surface area contributed by atoms with E-state index in [9.17, 15) is 4.79 Å².